The van der Waals surface area contributed by atoms with E-state index >= 15 is 0 Å². The van der Waals surface area contributed by atoms with Gasteiger partial charge in [0.2, 0.25) is 5.91 Å². The van der Waals surface area contributed by atoms with E-state index in [1.165, 1.54) is 0 Å². The third-order valence-corrected chi connectivity index (χ3v) is 6.95. The Labute approximate surface area is 207 Å². The Balaban J connectivity index is 1.48. The second-order valence-corrected chi connectivity index (χ2v) is 9.14. The van der Waals surface area contributed by atoms with Crippen molar-refractivity contribution in [3.8, 4) is 17.0 Å². The topological polar surface area (TPSA) is 128 Å². The van der Waals surface area contributed by atoms with E-state index in [4.69, 9.17) is 15.5 Å². The van der Waals surface area contributed by atoms with Crippen LogP contribution in [0.15, 0.2) is 30.5 Å². The fourth-order valence-electron chi connectivity index (χ4n) is 4.94. The number of benzene rings is 1. The molecule has 0 aliphatic carbocycles. The molecule has 11 heteroatoms. The molecule has 1 saturated heterocycles. The lowest BCUT2D eigenvalue weighted by atomic mass is 9.93. The van der Waals surface area contributed by atoms with Gasteiger partial charge < -0.3 is 19.9 Å². The van der Waals surface area contributed by atoms with Crippen molar-refractivity contribution in [1.29, 1.82) is 0 Å². The summed E-state index contributed by atoms with van der Waals surface area (Å²) in [7, 11) is 1.63. The van der Waals surface area contributed by atoms with Gasteiger partial charge in [-0.3, -0.25) is 9.89 Å². The molecule has 0 saturated carbocycles. The summed E-state index contributed by atoms with van der Waals surface area (Å²) in [5.41, 5.74) is 9.62. The van der Waals surface area contributed by atoms with E-state index in [1.807, 2.05) is 33.7 Å². The van der Waals surface area contributed by atoms with Crippen LogP contribution in [-0.2, 0) is 17.8 Å². The Morgan fingerprint density at radius 3 is 2.72 bits per heavy atom. The molecule has 3 N–H and O–H groups in total. The number of piperidine rings is 1. The maximum Gasteiger partial charge on any atom is 0.312 e. The quantitative estimate of drug-likeness (QED) is 0.379. The monoisotopic (exact) mass is 492 g/mol. The first kappa shape index (κ1) is 23.7. The lowest BCUT2D eigenvalue weighted by Crippen LogP contribution is -2.37. The summed E-state index contributed by atoms with van der Waals surface area (Å²) in [6.07, 6.45) is 4.02. The second-order valence-electron chi connectivity index (χ2n) is 9.14. The minimum absolute atomic E-state index is 0.0201. The van der Waals surface area contributed by atoms with Gasteiger partial charge >= 0.3 is 6.08 Å². The lowest BCUT2D eigenvalue weighted by molar-refractivity contribution is -0.130. The number of rotatable bonds is 7. The highest BCUT2D eigenvalue weighted by atomic mass is 19.1. The smallest absolute Gasteiger partial charge is 0.312 e. The van der Waals surface area contributed by atoms with E-state index in [0.29, 0.717) is 35.9 Å². The van der Waals surface area contributed by atoms with Gasteiger partial charge in [0.05, 0.1) is 12.8 Å². The van der Waals surface area contributed by atoms with Gasteiger partial charge in [-0.05, 0) is 55.0 Å². The molecule has 1 amide bonds. The van der Waals surface area contributed by atoms with Gasteiger partial charge in [0.1, 0.15) is 11.6 Å². The van der Waals surface area contributed by atoms with Crippen molar-refractivity contribution < 1.29 is 13.9 Å². The van der Waals surface area contributed by atoms with Crippen LogP contribution in [0.1, 0.15) is 37.6 Å². The minimum atomic E-state index is -0.873. The predicted octanol–water partition coefficient (Wildman–Crippen LogP) is 3.19. The molecule has 10 nitrogen and oxygen atoms in total. The minimum Gasteiger partial charge on any atom is -0.497 e. The molecule has 36 heavy (non-hydrogen) atoms. The van der Waals surface area contributed by atoms with Crippen LogP contribution in [0, 0.1) is 12.0 Å². The summed E-state index contributed by atoms with van der Waals surface area (Å²) < 4.78 is 21.6. The Hall–Kier alpha value is -4.02. The van der Waals surface area contributed by atoms with Gasteiger partial charge in [-0.15, -0.1) is 0 Å². The number of aryl methyl sites for hydroxylation is 1. The molecule has 0 bridgehead atoms. The van der Waals surface area contributed by atoms with Crippen LogP contribution in [0.3, 0.4) is 0 Å². The largest absolute Gasteiger partial charge is 0.497 e. The third kappa shape index (κ3) is 4.73. The molecule has 3 aromatic heterocycles. The summed E-state index contributed by atoms with van der Waals surface area (Å²) in [5, 5.41) is 7.10. The van der Waals surface area contributed by atoms with Crippen LogP contribution in [0.25, 0.3) is 22.4 Å². The molecule has 0 radical (unpaired) electrons. The molecular weight excluding hydrogens is 463 g/mol. The van der Waals surface area contributed by atoms with Crippen molar-refractivity contribution in [2.75, 3.05) is 25.9 Å². The molecule has 4 aromatic rings. The SMILES string of the molecule is COc1ccc(-c2ccn[nH]2)c(Cc2nc3c(N)nc(F)nc3n2CCC2CCN(C(C)=O)CC2)c1. The van der Waals surface area contributed by atoms with Crippen LogP contribution in [0.4, 0.5) is 10.2 Å². The van der Waals surface area contributed by atoms with Gasteiger partial charge in [0.25, 0.3) is 0 Å². The number of fused-ring (bicyclic) bond motifs is 1. The molecule has 1 aromatic carbocycles. The van der Waals surface area contributed by atoms with E-state index in [2.05, 4.69) is 20.2 Å². The Morgan fingerprint density at radius 1 is 1.22 bits per heavy atom. The van der Waals surface area contributed by atoms with Crippen molar-refractivity contribution in [2.24, 2.45) is 5.92 Å². The summed E-state index contributed by atoms with van der Waals surface area (Å²) in [4.78, 5) is 26.0. The summed E-state index contributed by atoms with van der Waals surface area (Å²) >= 11 is 0. The number of nitrogens with one attached hydrogen (secondary N) is 1. The summed E-state index contributed by atoms with van der Waals surface area (Å²) in [5.74, 6) is 2.02. The zero-order valence-corrected chi connectivity index (χ0v) is 20.4. The van der Waals surface area contributed by atoms with Crippen LogP contribution >= 0.6 is 0 Å². The van der Waals surface area contributed by atoms with Crippen molar-refractivity contribution >= 4 is 22.9 Å². The average molecular weight is 493 g/mol. The Bertz CT molecular complexity index is 1380. The number of hydrogen-bond acceptors (Lipinski definition) is 7. The second kappa shape index (κ2) is 9.92. The zero-order chi connectivity index (χ0) is 25.2. The third-order valence-electron chi connectivity index (χ3n) is 6.95. The van der Waals surface area contributed by atoms with E-state index in [1.54, 1.807) is 20.2 Å². The molecule has 0 atom stereocenters. The van der Waals surface area contributed by atoms with Crippen LogP contribution in [-0.4, -0.2) is 60.7 Å². The van der Waals surface area contributed by atoms with Crippen molar-refractivity contribution in [2.45, 2.75) is 39.2 Å². The fourth-order valence-corrected chi connectivity index (χ4v) is 4.94. The number of halogens is 1. The molecule has 0 unspecified atom stereocenters. The molecule has 1 aliphatic rings. The highest BCUT2D eigenvalue weighted by Gasteiger charge is 2.23. The number of methoxy groups -OCH3 is 1. The number of ether oxygens (including phenoxy) is 1. The number of aromatic nitrogens is 6. The van der Waals surface area contributed by atoms with Crippen molar-refractivity contribution in [1.82, 2.24) is 34.6 Å². The van der Waals surface area contributed by atoms with E-state index in [-0.39, 0.29) is 11.7 Å². The number of amides is 1. The Kier molecular flexibility index (Phi) is 6.53. The number of likely N-dealkylation sites (tertiary alicyclic amines) is 1. The summed E-state index contributed by atoms with van der Waals surface area (Å²) in [6.45, 7) is 3.74. The number of hydrogen-bond donors (Lipinski definition) is 2. The maximum atomic E-state index is 14.2. The van der Waals surface area contributed by atoms with Gasteiger partial charge in [0.15, 0.2) is 17.0 Å². The van der Waals surface area contributed by atoms with Gasteiger partial charge in [0, 0.05) is 44.7 Å². The van der Waals surface area contributed by atoms with Crippen LogP contribution < -0.4 is 10.5 Å². The van der Waals surface area contributed by atoms with Gasteiger partial charge in [-0.1, -0.05) is 0 Å². The number of H-pyrrole nitrogens is 1. The van der Waals surface area contributed by atoms with Crippen LogP contribution in [0.5, 0.6) is 5.75 Å². The molecule has 0 spiro atoms. The number of anilines is 1. The Morgan fingerprint density at radius 2 is 2.03 bits per heavy atom. The molecule has 188 valence electrons. The van der Waals surface area contributed by atoms with Crippen molar-refractivity contribution in [3.63, 3.8) is 0 Å². The average Bonchev–Trinajstić information content (AvgIpc) is 3.52. The number of carbonyl (C=O) groups excluding carboxylic acids is 1. The number of carbonyl (C=O) groups is 1. The first-order valence-electron chi connectivity index (χ1n) is 12.0. The van der Waals surface area contributed by atoms with Gasteiger partial charge in [-0.25, -0.2) is 4.98 Å². The number of imidazole rings is 1. The molecular formula is C25H29FN8O2. The van der Waals surface area contributed by atoms with E-state index < -0.39 is 6.08 Å². The summed E-state index contributed by atoms with van der Waals surface area (Å²) in [6, 6.07) is 7.74. The predicted molar refractivity (Wildman–Crippen MR) is 133 cm³/mol. The zero-order valence-electron chi connectivity index (χ0n) is 20.4. The maximum absolute atomic E-state index is 14.2. The number of aromatic amines is 1. The highest BCUT2D eigenvalue weighted by Crippen LogP contribution is 2.30. The number of nitrogens with two attached hydrogens (primary N) is 1. The van der Waals surface area contributed by atoms with Crippen LogP contribution in [0.2, 0.25) is 0 Å². The lowest BCUT2D eigenvalue weighted by Gasteiger charge is -2.31. The van der Waals surface area contributed by atoms with E-state index in [9.17, 15) is 9.18 Å². The number of nitrogen functional groups attached to an aromatic ring is 1. The first-order valence-corrected chi connectivity index (χ1v) is 12.0. The van der Waals surface area contributed by atoms with Crippen molar-refractivity contribution in [3.05, 3.63) is 47.9 Å². The highest BCUT2D eigenvalue weighted by molar-refractivity contribution is 5.82. The van der Waals surface area contributed by atoms with Gasteiger partial charge in [-0.2, -0.15) is 19.5 Å². The standard InChI is InChI=1S/C25H29FN8O2/c1-15(35)33-10-6-16(7-11-33)8-12-34-21(29-22-23(27)30-25(26)31-24(22)34)14-17-13-18(36-2)3-4-19(17)20-5-9-28-32-20/h3-5,9,13,16H,6-8,10-12,14H2,1-2H3,(H,28,32)(H2,27,30,31). The molecule has 1 fully saturated rings. The fraction of sp³-hybridized carbons (Fsp3) is 0.400. The van der Waals surface area contributed by atoms with E-state index in [0.717, 1.165) is 54.9 Å². The number of nitrogens with zero attached hydrogens (tertiary/aromatic N) is 6. The molecule has 5 rings (SSSR count). The molecule has 1 aliphatic heterocycles. The normalized spacial score (nSPS) is 14.5. The molecule has 4 heterocycles. The first-order chi connectivity index (χ1) is 17.4.